The third-order valence-corrected chi connectivity index (χ3v) is 4.50. The van der Waals surface area contributed by atoms with Gasteiger partial charge >= 0.3 is 0 Å². The summed E-state index contributed by atoms with van der Waals surface area (Å²) in [7, 11) is 0. The molecule has 1 fully saturated rings. The monoisotopic (exact) mass is 357 g/mol. The van der Waals surface area contributed by atoms with Crippen LogP contribution < -0.4 is 10.6 Å². The molecule has 0 spiro atoms. The summed E-state index contributed by atoms with van der Waals surface area (Å²) in [6.07, 6.45) is 2.26. The molecule has 0 bridgehead atoms. The third kappa shape index (κ3) is 3.76. The van der Waals surface area contributed by atoms with Gasteiger partial charge in [0.1, 0.15) is 6.04 Å². The zero-order valence-electron chi connectivity index (χ0n) is 15.0. The molecule has 0 saturated heterocycles. The standard InChI is InChI=1S/C19H23N3O4/c1-11(2)9-15(17(24)20-10-16(23)21-12-7-8-12)22-18(25)13-5-3-4-6-14(13)19(22)26/h3-6,11-12,15H,7-10H2,1-2H3,(H,20,24)(H,21,23). The quantitative estimate of drug-likeness (QED) is 0.714. The Morgan fingerprint density at radius 1 is 1.12 bits per heavy atom. The lowest BCUT2D eigenvalue weighted by atomic mass is 10.0. The molecule has 1 aliphatic carbocycles. The average Bonchev–Trinajstić information content (AvgIpc) is 3.38. The molecule has 4 amide bonds. The lowest BCUT2D eigenvalue weighted by Gasteiger charge is -2.26. The van der Waals surface area contributed by atoms with Crippen molar-refractivity contribution in [3.05, 3.63) is 35.4 Å². The maximum absolute atomic E-state index is 12.7. The van der Waals surface area contributed by atoms with Crippen LogP contribution in [0, 0.1) is 5.92 Å². The number of hydrogen-bond acceptors (Lipinski definition) is 4. The highest BCUT2D eigenvalue weighted by atomic mass is 16.2. The normalized spacial score (nSPS) is 17.3. The van der Waals surface area contributed by atoms with Crippen LogP contribution in [0.5, 0.6) is 0 Å². The first-order chi connectivity index (χ1) is 12.4. The minimum absolute atomic E-state index is 0.0929. The molecule has 1 heterocycles. The van der Waals surface area contributed by atoms with E-state index >= 15 is 0 Å². The lowest BCUT2D eigenvalue weighted by molar-refractivity contribution is -0.128. The molecule has 1 unspecified atom stereocenters. The maximum atomic E-state index is 12.7. The number of fused-ring (bicyclic) bond motifs is 1. The summed E-state index contributed by atoms with van der Waals surface area (Å²) in [5, 5.41) is 5.36. The van der Waals surface area contributed by atoms with Crippen molar-refractivity contribution in [2.45, 2.75) is 45.2 Å². The molecule has 1 aromatic carbocycles. The molecule has 2 N–H and O–H groups in total. The molecule has 2 aliphatic rings. The van der Waals surface area contributed by atoms with Crippen molar-refractivity contribution in [2.24, 2.45) is 5.92 Å². The molecule has 26 heavy (non-hydrogen) atoms. The topological polar surface area (TPSA) is 95.6 Å². The van der Waals surface area contributed by atoms with Gasteiger partial charge in [-0.2, -0.15) is 0 Å². The largest absolute Gasteiger partial charge is 0.352 e. The molecule has 138 valence electrons. The second kappa shape index (κ2) is 7.27. The number of amides is 4. The fourth-order valence-corrected chi connectivity index (χ4v) is 3.06. The summed E-state index contributed by atoms with van der Waals surface area (Å²) in [6, 6.07) is 5.82. The van der Waals surface area contributed by atoms with Gasteiger partial charge in [-0.15, -0.1) is 0 Å². The van der Waals surface area contributed by atoms with Crippen molar-refractivity contribution in [2.75, 3.05) is 6.54 Å². The Labute approximate surface area is 152 Å². The van der Waals surface area contributed by atoms with E-state index in [2.05, 4.69) is 10.6 Å². The summed E-state index contributed by atoms with van der Waals surface area (Å²) >= 11 is 0. The number of rotatable bonds is 7. The van der Waals surface area contributed by atoms with Gasteiger partial charge in [-0.25, -0.2) is 0 Å². The highest BCUT2D eigenvalue weighted by molar-refractivity contribution is 6.22. The smallest absolute Gasteiger partial charge is 0.262 e. The summed E-state index contributed by atoms with van der Waals surface area (Å²) in [5.41, 5.74) is 0.621. The Kier molecular flexibility index (Phi) is 5.06. The van der Waals surface area contributed by atoms with Crippen LogP contribution in [-0.2, 0) is 9.59 Å². The zero-order valence-corrected chi connectivity index (χ0v) is 15.0. The summed E-state index contributed by atoms with van der Waals surface area (Å²) in [5.74, 6) is -1.58. The molecule has 3 rings (SSSR count). The third-order valence-electron chi connectivity index (χ3n) is 4.50. The van der Waals surface area contributed by atoms with E-state index in [0.29, 0.717) is 17.5 Å². The Morgan fingerprint density at radius 3 is 2.19 bits per heavy atom. The van der Waals surface area contributed by atoms with Gasteiger partial charge < -0.3 is 10.6 Å². The van der Waals surface area contributed by atoms with E-state index in [4.69, 9.17) is 0 Å². The molecule has 1 saturated carbocycles. The Bertz CT molecular complexity index is 720. The Balaban J connectivity index is 1.73. The molecule has 1 atom stereocenters. The first-order valence-corrected chi connectivity index (χ1v) is 8.92. The molecular weight excluding hydrogens is 334 g/mol. The van der Waals surface area contributed by atoms with Gasteiger partial charge in [-0.3, -0.25) is 24.1 Å². The zero-order chi connectivity index (χ0) is 18.8. The predicted octanol–water partition coefficient (Wildman–Crippen LogP) is 1.09. The molecule has 7 heteroatoms. The SMILES string of the molecule is CC(C)CC(C(=O)NCC(=O)NC1CC1)N1C(=O)c2ccccc2C1=O. The van der Waals surface area contributed by atoms with E-state index in [1.54, 1.807) is 24.3 Å². The van der Waals surface area contributed by atoms with Crippen LogP contribution in [-0.4, -0.2) is 47.2 Å². The van der Waals surface area contributed by atoms with E-state index in [1.165, 1.54) is 0 Å². The first kappa shape index (κ1) is 18.1. The first-order valence-electron chi connectivity index (χ1n) is 8.92. The number of benzene rings is 1. The van der Waals surface area contributed by atoms with Crippen molar-refractivity contribution >= 4 is 23.6 Å². The fraction of sp³-hybridized carbons (Fsp3) is 0.474. The van der Waals surface area contributed by atoms with Crippen LogP contribution in [0.1, 0.15) is 53.8 Å². The van der Waals surface area contributed by atoms with E-state index < -0.39 is 23.8 Å². The molecule has 7 nitrogen and oxygen atoms in total. The van der Waals surface area contributed by atoms with Gasteiger partial charge in [-0.05, 0) is 37.3 Å². The molecule has 1 aromatic rings. The number of carbonyl (C=O) groups excluding carboxylic acids is 4. The minimum atomic E-state index is -0.934. The van der Waals surface area contributed by atoms with Crippen molar-refractivity contribution < 1.29 is 19.2 Å². The van der Waals surface area contributed by atoms with Gasteiger partial charge in [0.25, 0.3) is 11.8 Å². The minimum Gasteiger partial charge on any atom is -0.352 e. The number of nitrogens with one attached hydrogen (secondary N) is 2. The number of carbonyl (C=O) groups is 4. The Hall–Kier alpha value is -2.70. The lowest BCUT2D eigenvalue weighted by Crippen LogP contribution is -2.51. The number of imide groups is 1. The van der Waals surface area contributed by atoms with Crippen LogP contribution >= 0.6 is 0 Å². The van der Waals surface area contributed by atoms with Crippen LogP contribution in [0.2, 0.25) is 0 Å². The molecule has 0 radical (unpaired) electrons. The average molecular weight is 357 g/mol. The van der Waals surface area contributed by atoms with E-state index in [9.17, 15) is 19.2 Å². The summed E-state index contributed by atoms with van der Waals surface area (Å²) < 4.78 is 0. The van der Waals surface area contributed by atoms with Gasteiger partial charge in [0.05, 0.1) is 17.7 Å². The Morgan fingerprint density at radius 2 is 1.69 bits per heavy atom. The van der Waals surface area contributed by atoms with Gasteiger partial charge in [0.15, 0.2) is 0 Å². The molecule has 1 aliphatic heterocycles. The van der Waals surface area contributed by atoms with Crippen LogP contribution in [0.4, 0.5) is 0 Å². The predicted molar refractivity (Wildman–Crippen MR) is 94.4 cm³/mol. The second-order valence-electron chi connectivity index (χ2n) is 7.23. The van der Waals surface area contributed by atoms with Gasteiger partial charge in [-0.1, -0.05) is 26.0 Å². The highest BCUT2D eigenvalue weighted by Gasteiger charge is 2.42. The van der Waals surface area contributed by atoms with Crippen LogP contribution in [0.15, 0.2) is 24.3 Å². The highest BCUT2D eigenvalue weighted by Crippen LogP contribution is 2.27. The van der Waals surface area contributed by atoms with Crippen LogP contribution in [0.25, 0.3) is 0 Å². The van der Waals surface area contributed by atoms with Crippen molar-refractivity contribution in [3.63, 3.8) is 0 Å². The van der Waals surface area contributed by atoms with Crippen molar-refractivity contribution in [1.82, 2.24) is 15.5 Å². The summed E-state index contributed by atoms with van der Waals surface area (Å²) in [6.45, 7) is 3.67. The molecule has 0 aromatic heterocycles. The molecular formula is C19H23N3O4. The van der Waals surface area contributed by atoms with E-state index in [-0.39, 0.29) is 24.4 Å². The van der Waals surface area contributed by atoms with E-state index in [1.807, 2.05) is 13.8 Å². The van der Waals surface area contributed by atoms with Crippen molar-refractivity contribution in [3.8, 4) is 0 Å². The fourth-order valence-electron chi connectivity index (χ4n) is 3.06. The van der Waals surface area contributed by atoms with Gasteiger partial charge in [0, 0.05) is 6.04 Å². The van der Waals surface area contributed by atoms with Gasteiger partial charge in [0.2, 0.25) is 11.8 Å². The van der Waals surface area contributed by atoms with E-state index in [0.717, 1.165) is 17.7 Å². The summed E-state index contributed by atoms with van der Waals surface area (Å²) in [4.78, 5) is 50.8. The second-order valence-corrected chi connectivity index (χ2v) is 7.23. The maximum Gasteiger partial charge on any atom is 0.262 e. The van der Waals surface area contributed by atoms with Crippen molar-refractivity contribution in [1.29, 1.82) is 0 Å². The number of hydrogen-bond donors (Lipinski definition) is 2. The van der Waals surface area contributed by atoms with Crippen LogP contribution in [0.3, 0.4) is 0 Å². The number of nitrogens with zero attached hydrogens (tertiary/aromatic N) is 1.